The Morgan fingerprint density at radius 1 is 0.923 bits per heavy atom. The molecule has 0 radical (unpaired) electrons. The zero-order chi connectivity index (χ0) is 18.2. The van der Waals surface area contributed by atoms with Gasteiger partial charge in [0, 0.05) is 42.9 Å². The lowest BCUT2D eigenvalue weighted by Crippen LogP contribution is -2.37. The summed E-state index contributed by atoms with van der Waals surface area (Å²) in [6.07, 6.45) is 6.89. The fraction of sp³-hybridized carbons (Fsp3) is 0.150. The number of amides is 1. The smallest absolute Gasteiger partial charge is 0.242 e. The molecule has 0 saturated carbocycles. The van der Waals surface area contributed by atoms with Crippen LogP contribution in [0.25, 0.3) is 0 Å². The van der Waals surface area contributed by atoms with Gasteiger partial charge in [-0.25, -0.2) is 0 Å². The Morgan fingerprint density at radius 3 is 2.46 bits per heavy atom. The molecule has 0 fully saturated rings. The second kappa shape index (κ2) is 9.08. The molecule has 2 N–H and O–H groups in total. The molecule has 132 valence electrons. The summed E-state index contributed by atoms with van der Waals surface area (Å²) in [7, 11) is 0. The van der Waals surface area contributed by atoms with Gasteiger partial charge in [0.15, 0.2) is 0 Å². The molecule has 0 saturated heterocycles. The first kappa shape index (κ1) is 18.0. The zero-order valence-corrected chi connectivity index (χ0v) is 14.9. The molecule has 3 aromatic rings. The van der Waals surface area contributed by atoms with Crippen molar-refractivity contribution < 1.29 is 4.79 Å². The quantitative estimate of drug-likeness (QED) is 0.673. The maximum Gasteiger partial charge on any atom is 0.242 e. The van der Waals surface area contributed by atoms with Crippen molar-refractivity contribution in [1.82, 2.24) is 20.6 Å². The third-order valence-corrected chi connectivity index (χ3v) is 4.27. The number of benzene rings is 1. The number of nitrogens with zero attached hydrogens (tertiary/aromatic N) is 2. The minimum Gasteiger partial charge on any atom is -0.350 e. The largest absolute Gasteiger partial charge is 0.350 e. The minimum absolute atomic E-state index is 0.140. The van der Waals surface area contributed by atoms with Crippen LogP contribution < -0.4 is 10.6 Å². The summed E-state index contributed by atoms with van der Waals surface area (Å²) in [5.74, 6) is -0.140. The molecule has 1 aromatic carbocycles. The fourth-order valence-corrected chi connectivity index (χ4v) is 2.81. The Hall–Kier alpha value is -2.76. The van der Waals surface area contributed by atoms with Gasteiger partial charge in [-0.05, 0) is 41.0 Å². The van der Waals surface area contributed by atoms with E-state index in [0.29, 0.717) is 18.1 Å². The van der Waals surface area contributed by atoms with Crippen LogP contribution >= 0.6 is 11.6 Å². The summed E-state index contributed by atoms with van der Waals surface area (Å²) in [5.41, 5.74) is 2.72. The van der Waals surface area contributed by atoms with E-state index in [0.717, 1.165) is 16.7 Å². The number of aromatic nitrogens is 2. The maximum absolute atomic E-state index is 12.8. The van der Waals surface area contributed by atoms with Gasteiger partial charge in [-0.2, -0.15) is 0 Å². The first-order chi connectivity index (χ1) is 12.7. The predicted octanol–water partition coefficient (Wildman–Crippen LogP) is 3.28. The van der Waals surface area contributed by atoms with Crippen molar-refractivity contribution in [3.8, 4) is 0 Å². The Bertz CT molecular complexity index is 843. The van der Waals surface area contributed by atoms with E-state index in [1.807, 2.05) is 42.5 Å². The number of carbonyl (C=O) groups excluding carboxylic acids is 1. The van der Waals surface area contributed by atoms with Crippen LogP contribution in [0, 0.1) is 0 Å². The van der Waals surface area contributed by atoms with Crippen molar-refractivity contribution in [3.05, 3.63) is 95.0 Å². The number of halogens is 1. The van der Waals surface area contributed by atoms with Gasteiger partial charge in [0.05, 0.1) is 0 Å². The zero-order valence-electron chi connectivity index (χ0n) is 14.1. The van der Waals surface area contributed by atoms with E-state index in [4.69, 9.17) is 11.6 Å². The van der Waals surface area contributed by atoms with Gasteiger partial charge in [0.25, 0.3) is 0 Å². The highest BCUT2D eigenvalue weighted by Gasteiger charge is 2.22. The van der Waals surface area contributed by atoms with Crippen molar-refractivity contribution >= 4 is 17.5 Å². The van der Waals surface area contributed by atoms with Crippen LogP contribution in [0.1, 0.15) is 22.7 Å². The first-order valence-electron chi connectivity index (χ1n) is 8.27. The van der Waals surface area contributed by atoms with E-state index in [1.165, 1.54) is 0 Å². The molecule has 2 heterocycles. The summed E-state index contributed by atoms with van der Waals surface area (Å²) in [6, 6.07) is 14.4. The van der Waals surface area contributed by atoms with E-state index in [9.17, 15) is 4.79 Å². The summed E-state index contributed by atoms with van der Waals surface area (Å²) in [4.78, 5) is 20.9. The average molecular weight is 367 g/mol. The molecule has 5 nitrogen and oxygen atoms in total. The van der Waals surface area contributed by atoms with Crippen molar-refractivity contribution in [3.63, 3.8) is 0 Å². The minimum atomic E-state index is -0.564. The highest BCUT2D eigenvalue weighted by atomic mass is 35.5. The van der Waals surface area contributed by atoms with Crippen molar-refractivity contribution in [2.45, 2.75) is 19.1 Å². The number of nitrogens with one attached hydrogen (secondary N) is 2. The Balaban J connectivity index is 1.73. The lowest BCUT2D eigenvalue weighted by molar-refractivity contribution is -0.123. The topological polar surface area (TPSA) is 66.9 Å². The number of carbonyl (C=O) groups is 1. The normalized spacial score (nSPS) is 11.7. The fourth-order valence-electron chi connectivity index (χ4n) is 2.57. The van der Waals surface area contributed by atoms with E-state index >= 15 is 0 Å². The molecular formula is C20H19ClN4O. The van der Waals surface area contributed by atoms with Gasteiger partial charge >= 0.3 is 0 Å². The van der Waals surface area contributed by atoms with E-state index in [-0.39, 0.29) is 5.91 Å². The van der Waals surface area contributed by atoms with Crippen LogP contribution in [-0.4, -0.2) is 15.9 Å². The summed E-state index contributed by atoms with van der Waals surface area (Å²) in [5, 5.41) is 6.79. The van der Waals surface area contributed by atoms with Crippen LogP contribution in [0.15, 0.2) is 73.3 Å². The van der Waals surface area contributed by atoms with E-state index in [2.05, 4.69) is 20.6 Å². The third-order valence-electron chi connectivity index (χ3n) is 3.93. The molecular weight excluding hydrogens is 348 g/mol. The van der Waals surface area contributed by atoms with E-state index in [1.54, 1.807) is 30.9 Å². The molecule has 6 heteroatoms. The third kappa shape index (κ3) is 4.88. The van der Waals surface area contributed by atoms with Crippen molar-refractivity contribution in [2.75, 3.05) is 0 Å². The number of hydrogen-bond acceptors (Lipinski definition) is 4. The number of hydrogen-bond donors (Lipinski definition) is 2. The standard InChI is InChI=1S/C20H19ClN4O/c21-18-6-2-1-5-17(18)19(24-14-16-4-3-9-23-12-16)20(26)25-13-15-7-10-22-11-8-15/h1-12,19,24H,13-14H2,(H,25,26). The molecule has 1 unspecified atom stereocenters. The van der Waals surface area contributed by atoms with Gasteiger partial charge in [-0.15, -0.1) is 0 Å². The van der Waals surface area contributed by atoms with Crippen LogP contribution in [0.3, 0.4) is 0 Å². The van der Waals surface area contributed by atoms with Gasteiger partial charge in [-0.1, -0.05) is 35.9 Å². The maximum atomic E-state index is 12.8. The van der Waals surface area contributed by atoms with Crippen molar-refractivity contribution in [2.24, 2.45) is 0 Å². The Kier molecular flexibility index (Phi) is 6.30. The SMILES string of the molecule is O=C(NCc1ccncc1)C(NCc1cccnc1)c1ccccc1Cl. The lowest BCUT2D eigenvalue weighted by Gasteiger charge is -2.20. The molecule has 1 atom stereocenters. The molecule has 0 spiro atoms. The van der Waals surface area contributed by atoms with Crippen LogP contribution in [0.2, 0.25) is 5.02 Å². The molecule has 1 amide bonds. The highest BCUT2D eigenvalue weighted by molar-refractivity contribution is 6.31. The lowest BCUT2D eigenvalue weighted by atomic mass is 10.1. The monoisotopic (exact) mass is 366 g/mol. The summed E-state index contributed by atoms with van der Waals surface area (Å²) < 4.78 is 0. The summed E-state index contributed by atoms with van der Waals surface area (Å²) >= 11 is 6.32. The molecule has 26 heavy (non-hydrogen) atoms. The molecule has 2 aromatic heterocycles. The average Bonchev–Trinajstić information content (AvgIpc) is 2.69. The Morgan fingerprint density at radius 2 is 1.73 bits per heavy atom. The van der Waals surface area contributed by atoms with Gasteiger partial charge in [-0.3, -0.25) is 20.1 Å². The second-order valence-corrected chi connectivity index (χ2v) is 6.18. The van der Waals surface area contributed by atoms with Crippen molar-refractivity contribution in [1.29, 1.82) is 0 Å². The molecule has 0 aliphatic heterocycles. The van der Waals surface area contributed by atoms with Crippen LogP contribution in [-0.2, 0) is 17.9 Å². The van der Waals surface area contributed by atoms with Gasteiger partial charge < -0.3 is 5.32 Å². The first-order valence-corrected chi connectivity index (χ1v) is 8.65. The molecule has 0 aliphatic rings. The van der Waals surface area contributed by atoms with Crippen LogP contribution in [0.5, 0.6) is 0 Å². The molecule has 0 bridgehead atoms. The number of rotatable bonds is 7. The van der Waals surface area contributed by atoms with Gasteiger partial charge in [0.2, 0.25) is 5.91 Å². The Labute approximate surface area is 157 Å². The second-order valence-electron chi connectivity index (χ2n) is 5.77. The summed E-state index contributed by atoms with van der Waals surface area (Å²) in [6.45, 7) is 0.934. The molecule has 3 rings (SSSR count). The van der Waals surface area contributed by atoms with Crippen LogP contribution in [0.4, 0.5) is 0 Å². The number of pyridine rings is 2. The van der Waals surface area contributed by atoms with E-state index < -0.39 is 6.04 Å². The molecule has 0 aliphatic carbocycles. The predicted molar refractivity (Wildman–Crippen MR) is 101 cm³/mol. The van der Waals surface area contributed by atoms with Gasteiger partial charge in [0.1, 0.15) is 6.04 Å². The highest BCUT2D eigenvalue weighted by Crippen LogP contribution is 2.23.